The molecule has 2 rings (SSSR count). The quantitative estimate of drug-likeness (QED) is 0.835. The van der Waals surface area contributed by atoms with E-state index in [0.29, 0.717) is 24.7 Å². The number of ether oxygens (including phenoxy) is 2. The second-order valence-corrected chi connectivity index (χ2v) is 4.15. The van der Waals surface area contributed by atoms with Crippen molar-refractivity contribution in [3.63, 3.8) is 0 Å². The van der Waals surface area contributed by atoms with Crippen LogP contribution in [0, 0.1) is 0 Å². The van der Waals surface area contributed by atoms with Gasteiger partial charge in [-0.1, -0.05) is 0 Å². The summed E-state index contributed by atoms with van der Waals surface area (Å²) in [5.74, 6) is 0.458. The topological polar surface area (TPSA) is 47.5 Å². The van der Waals surface area contributed by atoms with Gasteiger partial charge in [0.1, 0.15) is 12.1 Å². The predicted octanol–water partition coefficient (Wildman–Crippen LogP) is 1.39. The van der Waals surface area contributed by atoms with E-state index in [4.69, 9.17) is 9.47 Å². The van der Waals surface area contributed by atoms with Crippen LogP contribution in [0.3, 0.4) is 0 Å². The van der Waals surface area contributed by atoms with Gasteiger partial charge in [-0.05, 0) is 0 Å². The van der Waals surface area contributed by atoms with Crippen molar-refractivity contribution in [2.24, 2.45) is 0 Å². The number of rotatable bonds is 3. The first-order valence-corrected chi connectivity index (χ1v) is 5.74. The van der Waals surface area contributed by atoms with Crippen molar-refractivity contribution in [3.8, 4) is 0 Å². The number of aromatic nitrogens is 2. The lowest BCUT2D eigenvalue weighted by atomic mass is 10.2. The van der Waals surface area contributed by atoms with E-state index in [2.05, 4.69) is 9.97 Å². The van der Waals surface area contributed by atoms with Crippen molar-refractivity contribution >= 4 is 5.82 Å². The van der Waals surface area contributed by atoms with E-state index in [1.54, 1.807) is 11.0 Å². The molecule has 0 amide bonds. The van der Waals surface area contributed by atoms with Crippen LogP contribution in [0.25, 0.3) is 0 Å². The second kappa shape index (κ2) is 5.70. The Morgan fingerprint density at radius 1 is 1.47 bits per heavy atom. The monoisotopic (exact) mass is 277 g/mol. The Bertz CT molecular complexity index is 428. The lowest BCUT2D eigenvalue weighted by Gasteiger charge is -2.34. The third kappa shape index (κ3) is 3.54. The number of morpholine rings is 1. The predicted molar refractivity (Wildman–Crippen MR) is 60.8 cm³/mol. The molecular weight excluding hydrogens is 263 g/mol. The van der Waals surface area contributed by atoms with Crippen LogP contribution in [0.15, 0.2) is 12.4 Å². The Morgan fingerprint density at radius 3 is 2.95 bits per heavy atom. The van der Waals surface area contributed by atoms with Gasteiger partial charge in [0.2, 0.25) is 0 Å². The van der Waals surface area contributed by atoms with Gasteiger partial charge in [0.25, 0.3) is 0 Å². The number of nitrogens with zero attached hydrogens (tertiary/aromatic N) is 3. The van der Waals surface area contributed by atoms with Crippen molar-refractivity contribution in [2.45, 2.75) is 18.9 Å². The smallest absolute Gasteiger partial charge is 0.378 e. The van der Waals surface area contributed by atoms with Gasteiger partial charge in [0.15, 0.2) is 6.10 Å². The summed E-state index contributed by atoms with van der Waals surface area (Å²) in [6, 6.07) is 1.63. The summed E-state index contributed by atoms with van der Waals surface area (Å²) < 4.78 is 47.5. The minimum atomic E-state index is -4.36. The zero-order chi connectivity index (χ0) is 13.9. The highest BCUT2D eigenvalue weighted by atomic mass is 19.4. The number of anilines is 1. The van der Waals surface area contributed by atoms with E-state index >= 15 is 0 Å². The largest absolute Gasteiger partial charge is 0.416 e. The Morgan fingerprint density at radius 2 is 2.26 bits per heavy atom. The molecule has 5 nitrogen and oxygen atoms in total. The van der Waals surface area contributed by atoms with Crippen LogP contribution >= 0.6 is 0 Å². The highest BCUT2D eigenvalue weighted by molar-refractivity contribution is 5.39. The van der Waals surface area contributed by atoms with Crippen LogP contribution in [0.5, 0.6) is 0 Å². The molecule has 1 fully saturated rings. The molecule has 1 aliphatic rings. The van der Waals surface area contributed by atoms with E-state index in [1.165, 1.54) is 13.4 Å². The molecule has 19 heavy (non-hydrogen) atoms. The molecule has 1 aliphatic heterocycles. The van der Waals surface area contributed by atoms with Crippen LogP contribution in [0.2, 0.25) is 0 Å². The number of hydrogen-bond acceptors (Lipinski definition) is 5. The van der Waals surface area contributed by atoms with E-state index < -0.39 is 12.3 Å². The molecule has 1 unspecified atom stereocenters. The number of halogens is 3. The number of hydrogen-bond donors (Lipinski definition) is 0. The minimum Gasteiger partial charge on any atom is -0.378 e. The van der Waals surface area contributed by atoms with E-state index in [-0.39, 0.29) is 13.2 Å². The van der Waals surface area contributed by atoms with Gasteiger partial charge in [0.05, 0.1) is 25.5 Å². The van der Waals surface area contributed by atoms with Gasteiger partial charge in [-0.3, -0.25) is 0 Å². The van der Waals surface area contributed by atoms with Crippen LogP contribution in [-0.4, -0.2) is 49.1 Å². The maximum atomic E-state index is 12.6. The zero-order valence-corrected chi connectivity index (χ0v) is 10.4. The summed E-state index contributed by atoms with van der Waals surface area (Å²) in [6.07, 6.45) is -4.81. The summed E-state index contributed by atoms with van der Waals surface area (Å²) in [6.45, 7) is 0.430. The first-order valence-electron chi connectivity index (χ1n) is 5.74. The molecule has 1 aromatic heterocycles. The molecule has 1 aromatic rings. The SMILES string of the molecule is COCc1cc(N2CCOC(C(F)(F)F)C2)ncn1. The summed E-state index contributed by atoms with van der Waals surface area (Å²) >= 11 is 0. The Balaban J connectivity index is 2.10. The van der Waals surface area contributed by atoms with Crippen LogP contribution in [0.4, 0.5) is 19.0 Å². The molecule has 0 N–H and O–H groups in total. The van der Waals surface area contributed by atoms with Gasteiger partial charge in [0, 0.05) is 19.7 Å². The van der Waals surface area contributed by atoms with Crippen molar-refractivity contribution in [2.75, 3.05) is 31.7 Å². The van der Waals surface area contributed by atoms with Crippen molar-refractivity contribution in [1.29, 1.82) is 0 Å². The molecular formula is C11H14F3N3O2. The number of alkyl halides is 3. The lowest BCUT2D eigenvalue weighted by molar-refractivity contribution is -0.221. The fourth-order valence-electron chi connectivity index (χ4n) is 1.84. The average Bonchev–Trinajstić information content (AvgIpc) is 2.39. The Labute approximate surface area is 108 Å². The Hall–Kier alpha value is -1.41. The molecule has 0 aromatic carbocycles. The fraction of sp³-hybridized carbons (Fsp3) is 0.636. The van der Waals surface area contributed by atoms with E-state index in [9.17, 15) is 13.2 Å². The van der Waals surface area contributed by atoms with Gasteiger partial charge >= 0.3 is 6.18 Å². The van der Waals surface area contributed by atoms with Gasteiger partial charge in [-0.25, -0.2) is 9.97 Å². The molecule has 0 bridgehead atoms. The highest BCUT2D eigenvalue weighted by Crippen LogP contribution is 2.27. The minimum absolute atomic E-state index is 0.0216. The van der Waals surface area contributed by atoms with Crippen LogP contribution < -0.4 is 4.90 Å². The normalized spacial score (nSPS) is 20.6. The zero-order valence-electron chi connectivity index (χ0n) is 10.4. The third-order valence-electron chi connectivity index (χ3n) is 2.76. The second-order valence-electron chi connectivity index (χ2n) is 4.15. The van der Waals surface area contributed by atoms with Gasteiger partial charge in [-0.2, -0.15) is 13.2 Å². The Kier molecular flexibility index (Phi) is 4.20. The summed E-state index contributed by atoms with van der Waals surface area (Å²) in [4.78, 5) is 9.52. The standard InChI is InChI=1S/C11H14F3N3O2/c1-18-6-8-4-10(16-7-15-8)17-2-3-19-9(5-17)11(12,13)14/h4,7,9H,2-3,5-6H2,1H3. The van der Waals surface area contributed by atoms with E-state index in [1.807, 2.05) is 0 Å². The summed E-state index contributed by atoms with van der Waals surface area (Å²) in [5.41, 5.74) is 0.627. The highest BCUT2D eigenvalue weighted by Gasteiger charge is 2.43. The molecule has 2 heterocycles. The van der Waals surface area contributed by atoms with Gasteiger partial charge in [-0.15, -0.1) is 0 Å². The fourth-order valence-corrected chi connectivity index (χ4v) is 1.84. The summed E-state index contributed by atoms with van der Waals surface area (Å²) in [7, 11) is 1.52. The molecule has 1 atom stereocenters. The maximum absolute atomic E-state index is 12.6. The van der Waals surface area contributed by atoms with Crippen LogP contribution in [-0.2, 0) is 16.1 Å². The van der Waals surface area contributed by atoms with Crippen molar-refractivity contribution in [3.05, 3.63) is 18.1 Å². The lowest BCUT2D eigenvalue weighted by Crippen LogP contribution is -2.49. The number of methoxy groups -OCH3 is 1. The molecule has 0 spiro atoms. The summed E-state index contributed by atoms with van der Waals surface area (Å²) in [5, 5.41) is 0. The maximum Gasteiger partial charge on any atom is 0.416 e. The van der Waals surface area contributed by atoms with E-state index in [0.717, 1.165) is 0 Å². The first kappa shape index (κ1) is 14.0. The van der Waals surface area contributed by atoms with Crippen LogP contribution in [0.1, 0.15) is 5.69 Å². The average molecular weight is 277 g/mol. The molecule has 0 saturated carbocycles. The molecule has 8 heteroatoms. The molecule has 0 aliphatic carbocycles. The van der Waals surface area contributed by atoms with Gasteiger partial charge < -0.3 is 14.4 Å². The van der Waals surface area contributed by atoms with Crippen molar-refractivity contribution < 1.29 is 22.6 Å². The molecule has 0 radical (unpaired) electrons. The first-order chi connectivity index (χ1) is 9.00. The van der Waals surface area contributed by atoms with Crippen molar-refractivity contribution in [1.82, 2.24) is 9.97 Å². The third-order valence-corrected chi connectivity index (χ3v) is 2.76. The molecule has 1 saturated heterocycles. The molecule has 106 valence electrons.